The molecule has 0 bridgehead atoms. The van der Waals surface area contributed by atoms with Gasteiger partial charge in [0.05, 0.1) is 0 Å². The highest BCUT2D eigenvalue weighted by atomic mass is 15.5. The van der Waals surface area contributed by atoms with E-state index in [1.807, 2.05) is 32.6 Å². The van der Waals surface area contributed by atoms with Crippen LogP contribution >= 0.6 is 0 Å². The van der Waals surface area contributed by atoms with Gasteiger partial charge >= 0.3 is 0 Å². The first-order valence-electron chi connectivity index (χ1n) is 6.54. The summed E-state index contributed by atoms with van der Waals surface area (Å²) < 4.78 is 22.9. The SMILES string of the molecule is [2H]C([2H])([2H])N1c2nccnc2N(C(C)(C)C)[C@H]1C. The van der Waals surface area contributed by atoms with Crippen molar-refractivity contribution in [2.75, 3.05) is 16.8 Å². The van der Waals surface area contributed by atoms with Crippen molar-refractivity contribution in [2.45, 2.75) is 39.4 Å². The quantitative estimate of drug-likeness (QED) is 0.653. The van der Waals surface area contributed by atoms with E-state index in [2.05, 4.69) is 9.97 Å². The van der Waals surface area contributed by atoms with Crippen molar-refractivity contribution in [2.24, 2.45) is 0 Å². The number of fused-ring (bicyclic) bond motifs is 1. The fourth-order valence-electron chi connectivity index (χ4n) is 2.01. The lowest BCUT2D eigenvalue weighted by Gasteiger charge is -2.37. The molecule has 2 rings (SSSR count). The van der Waals surface area contributed by atoms with Crippen LogP contribution in [0.5, 0.6) is 0 Å². The van der Waals surface area contributed by atoms with Crippen molar-refractivity contribution >= 4 is 11.6 Å². The number of hydrogen-bond acceptors (Lipinski definition) is 4. The van der Waals surface area contributed by atoms with Crippen molar-refractivity contribution in [1.82, 2.24) is 9.97 Å². The molecule has 4 nitrogen and oxygen atoms in total. The predicted octanol–water partition coefficient (Wildman–Crippen LogP) is 1.88. The Hall–Kier alpha value is -1.32. The van der Waals surface area contributed by atoms with Crippen LogP contribution in [-0.2, 0) is 0 Å². The molecule has 1 aromatic rings. The van der Waals surface area contributed by atoms with Gasteiger partial charge in [-0.3, -0.25) is 0 Å². The minimum absolute atomic E-state index is 0.218. The topological polar surface area (TPSA) is 32.3 Å². The third-order valence-corrected chi connectivity index (χ3v) is 2.59. The van der Waals surface area contributed by atoms with Crippen LogP contribution in [0.3, 0.4) is 0 Å². The highest BCUT2D eigenvalue weighted by molar-refractivity contribution is 5.70. The average Bonchev–Trinajstić information content (AvgIpc) is 2.47. The van der Waals surface area contributed by atoms with E-state index in [-0.39, 0.29) is 11.7 Å². The van der Waals surface area contributed by atoms with Crippen LogP contribution in [0.4, 0.5) is 11.6 Å². The summed E-state index contributed by atoms with van der Waals surface area (Å²) in [6.07, 6.45) is 2.82. The van der Waals surface area contributed by atoms with Crippen LogP contribution < -0.4 is 9.80 Å². The fourth-order valence-corrected chi connectivity index (χ4v) is 2.01. The minimum atomic E-state index is -2.22. The summed E-state index contributed by atoms with van der Waals surface area (Å²) in [6.45, 7) is 5.74. The van der Waals surface area contributed by atoms with E-state index >= 15 is 0 Å². The Morgan fingerprint density at radius 3 is 2.40 bits per heavy atom. The first kappa shape index (κ1) is 7.04. The molecule has 0 saturated heterocycles. The molecular weight excluding hydrogens is 188 g/mol. The molecule has 0 amide bonds. The summed E-state index contributed by atoms with van der Waals surface area (Å²) in [5.74, 6) is 1.06. The molecule has 2 heterocycles. The summed E-state index contributed by atoms with van der Waals surface area (Å²) in [5.41, 5.74) is -0.218. The molecule has 1 aliphatic heterocycles. The van der Waals surface area contributed by atoms with Crippen LogP contribution in [-0.4, -0.2) is 28.6 Å². The molecular formula is C11H18N4. The van der Waals surface area contributed by atoms with Crippen LogP contribution in [0, 0.1) is 0 Å². The average molecular weight is 209 g/mol. The smallest absolute Gasteiger partial charge is 0.174 e. The van der Waals surface area contributed by atoms with Gasteiger partial charge in [-0.25, -0.2) is 9.97 Å². The van der Waals surface area contributed by atoms with Crippen molar-refractivity contribution in [3.8, 4) is 0 Å². The van der Waals surface area contributed by atoms with Gasteiger partial charge in [-0.1, -0.05) is 0 Å². The van der Waals surface area contributed by atoms with Crippen LogP contribution in [0.15, 0.2) is 12.4 Å². The van der Waals surface area contributed by atoms with E-state index in [9.17, 15) is 0 Å². The molecule has 0 saturated carbocycles. The summed E-state index contributed by atoms with van der Waals surface area (Å²) in [5, 5.41) is 0. The maximum absolute atomic E-state index is 7.65. The maximum atomic E-state index is 7.65. The van der Waals surface area contributed by atoms with Crippen molar-refractivity contribution in [3.05, 3.63) is 12.4 Å². The van der Waals surface area contributed by atoms with Gasteiger partial charge in [-0.05, 0) is 27.7 Å². The Labute approximate surface area is 95.2 Å². The molecule has 4 heteroatoms. The number of anilines is 2. The summed E-state index contributed by atoms with van der Waals surface area (Å²) >= 11 is 0. The molecule has 1 aliphatic rings. The standard InChI is InChI=1S/C11H18N4/c1-8-14(5)9-10(13-7-6-12-9)15(8)11(2,3)4/h6-8H,1-5H3/t8-/m0/s1/i5D3. The highest BCUT2D eigenvalue weighted by Gasteiger charge is 2.38. The number of rotatable bonds is 0. The van der Waals surface area contributed by atoms with E-state index in [1.165, 1.54) is 11.1 Å². The fraction of sp³-hybridized carbons (Fsp3) is 0.636. The zero-order chi connectivity index (χ0) is 13.7. The van der Waals surface area contributed by atoms with Crippen molar-refractivity contribution in [1.29, 1.82) is 0 Å². The molecule has 0 fully saturated rings. The van der Waals surface area contributed by atoms with E-state index in [1.54, 1.807) is 6.20 Å². The molecule has 1 atom stereocenters. The van der Waals surface area contributed by atoms with Gasteiger partial charge in [-0.15, -0.1) is 0 Å². The van der Waals surface area contributed by atoms with E-state index < -0.39 is 6.98 Å². The second kappa shape index (κ2) is 3.08. The van der Waals surface area contributed by atoms with E-state index in [0.29, 0.717) is 11.6 Å². The maximum Gasteiger partial charge on any atom is 0.174 e. The molecule has 0 radical (unpaired) electrons. The first-order valence-corrected chi connectivity index (χ1v) is 5.04. The largest absolute Gasteiger partial charge is 0.336 e. The molecule has 15 heavy (non-hydrogen) atoms. The molecule has 0 aliphatic carbocycles. The van der Waals surface area contributed by atoms with Gasteiger partial charge in [0.1, 0.15) is 6.17 Å². The lowest BCUT2D eigenvalue weighted by molar-refractivity contribution is 0.460. The van der Waals surface area contributed by atoms with Crippen LogP contribution in [0.1, 0.15) is 31.8 Å². The van der Waals surface area contributed by atoms with Gasteiger partial charge in [0.25, 0.3) is 0 Å². The Morgan fingerprint density at radius 1 is 1.27 bits per heavy atom. The first-order chi connectivity index (χ1) is 8.14. The Bertz CT molecular complexity index is 411. The summed E-state index contributed by atoms with van der Waals surface area (Å²) in [7, 11) is 0. The van der Waals surface area contributed by atoms with Crippen molar-refractivity contribution in [3.63, 3.8) is 0 Å². The Balaban J connectivity index is 2.57. The van der Waals surface area contributed by atoms with Crippen LogP contribution in [0.25, 0.3) is 0 Å². The van der Waals surface area contributed by atoms with Crippen LogP contribution in [0.2, 0.25) is 0 Å². The minimum Gasteiger partial charge on any atom is -0.336 e. The van der Waals surface area contributed by atoms with E-state index in [0.717, 1.165) is 0 Å². The number of hydrogen-bond donors (Lipinski definition) is 0. The zero-order valence-electron chi connectivity index (χ0n) is 12.5. The van der Waals surface area contributed by atoms with Gasteiger partial charge in [0.2, 0.25) is 0 Å². The molecule has 0 spiro atoms. The third kappa shape index (κ3) is 1.44. The van der Waals surface area contributed by atoms with Gasteiger partial charge in [0.15, 0.2) is 11.6 Å². The Kier molecular flexibility index (Phi) is 1.45. The molecule has 1 aromatic heterocycles. The predicted molar refractivity (Wildman–Crippen MR) is 62.1 cm³/mol. The normalized spacial score (nSPS) is 24.5. The highest BCUT2D eigenvalue weighted by Crippen LogP contribution is 2.38. The number of aromatic nitrogens is 2. The van der Waals surface area contributed by atoms with E-state index in [4.69, 9.17) is 4.11 Å². The zero-order valence-corrected chi connectivity index (χ0v) is 9.52. The lowest BCUT2D eigenvalue weighted by Crippen LogP contribution is -2.49. The third-order valence-electron chi connectivity index (χ3n) is 2.59. The second-order valence-electron chi connectivity index (χ2n) is 4.75. The second-order valence-corrected chi connectivity index (χ2v) is 4.75. The molecule has 0 aromatic carbocycles. The number of nitrogens with zero attached hydrogens (tertiary/aromatic N) is 4. The monoisotopic (exact) mass is 209 g/mol. The van der Waals surface area contributed by atoms with Gasteiger partial charge in [-0.2, -0.15) is 0 Å². The Morgan fingerprint density at radius 2 is 1.87 bits per heavy atom. The molecule has 0 unspecified atom stereocenters. The summed E-state index contributed by atoms with van der Waals surface area (Å²) in [4.78, 5) is 11.8. The lowest BCUT2D eigenvalue weighted by atomic mass is 10.1. The summed E-state index contributed by atoms with van der Waals surface area (Å²) in [6, 6.07) is 0. The molecule has 82 valence electrons. The van der Waals surface area contributed by atoms with Crippen molar-refractivity contribution < 1.29 is 4.11 Å². The van der Waals surface area contributed by atoms with Gasteiger partial charge in [0, 0.05) is 29.0 Å². The molecule has 0 N–H and O–H groups in total. The van der Waals surface area contributed by atoms with Gasteiger partial charge < -0.3 is 9.80 Å².